The number of hydrogen-bond donors (Lipinski definition) is 1. The van der Waals surface area contributed by atoms with E-state index >= 15 is 0 Å². The van der Waals surface area contributed by atoms with Gasteiger partial charge >= 0.3 is 0 Å². The fraction of sp³-hybridized carbons (Fsp3) is 0.194. The predicted molar refractivity (Wildman–Crippen MR) is 143 cm³/mol. The molecule has 182 valence electrons. The van der Waals surface area contributed by atoms with Crippen LogP contribution in [0.2, 0.25) is 0 Å². The summed E-state index contributed by atoms with van der Waals surface area (Å²) < 4.78 is 5.63. The third-order valence-corrected chi connectivity index (χ3v) is 7.35. The van der Waals surface area contributed by atoms with Gasteiger partial charge in [0.15, 0.2) is 11.6 Å². The number of aliphatic imine (C=N–C) groups is 1. The zero-order valence-corrected chi connectivity index (χ0v) is 20.5. The van der Waals surface area contributed by atoms with E-state index in [2.05, 4.69) is 18.2 Å². The van der Waals surface area contributed by atoms with Gasteiger partial charge in [0.1, 0.15) is 11.6 Å². The van der Waals surface area contributed by atoms with Crippen LogP contribution in [0.15, 0.2) is 107 Å². The molecule has 0 spiro atoms. The lowest BCUT2D eigenvalue weighted by atomic mass is 9.71. The molecule has 2 aliphatic heterocycles. The lowest BCUT2D eigenvalue weighted by molar-refractivity contribution is -0.116. The van der Waals surface area contributed by atoms with E-state index in [1.54, 1.807) is 0 Å². The van der Waals surface area contributed by atoms with Crippen LogP contribution < -0.4 is 15.4 Å². The van der Waals surface area contributed by atoms with Gasteiger partial charge in [0, 0.05) is 23.3 Å². The molecule has 1 aliphatic carbocycles. The molecule has 0 radical (unpaired) electrons. The van der Waals surface area contributed by atoms with Crippen LogP contribution in [0.3, 0.4) is 0 Å². The summed E-state index contributed by atoms with van der Waals surface area (Å²) in [4.78, 5) is 20.7. The highest BCUT2D eigenvalue weighted by Gasteiger charge is 2.45. The van der Waals surface area contributed by atoms with Crippen LogP contribution in [0, 0.1) is 11.3 Å². The second kappa shape index (κ2) is 9.11. The van der Waals surface area contributed by atoms with Gasteiger partial charge in [-0.05, 0) is 54.7 Å². The Morgan fingerprint density at radius 2 is 1.73 bits per heavy atom. The number of hydrogen-bond acceptors (Lipinski definition) is 6. The van der Waals surface area contributed by atoms with Crippen LogP contribution in [0.1, 0.15) is 48.3 Å². The molecule has 2 heterocycles. The normalized spacial score (nSPS) is 20.5. The average molecular weight is 487 g/mol. The number of benzene rings is 3. The maximum Gasteiger partial charge on any atom is 0.162 e. The molecule has 0 unspecified atom stereocenters. The first-order valence-electron chi connectivity index (χ1n) is 12.5. The number of anilines is 1. The van der Waals surface area contributed by atoms with Crippen LogP contribution in [-0.2, 0) is 4.79 Å². The van der Waals surface area contributed by atoms with Crippen molar-refractivity contribution in [3.63, 3.8) is 0 Å². The Labute approximate surface area is 216 Å². The number of fused-ring (bicyclic) bond motifs is 4. The lowest BCUT2D eigenvalue weighted by Gasteiger charge is -2.43. The first-order valence-corrected chi connectivity index (χ1v) is 12.5. The van der Waals surface area contributed by atoms with Gasteiger partial charge < -0.3 is 10.5 Å². The average Bonchev–Trinajstić information content (AvgIpc) is 2.93. The summed E-state index contributed by atoms with van der Waals surface area (Å²) in [5, 5.41) is 10.4. The number of nitriles is 1. The molecule has 0 saturated carbocycles. The molecule has 0 saturated heterocycles. The molecule has 0 aromatic heterocycles. The number of ketones is 1. The zero-order chi connectivity index (χ0) is 25.5. The number of para-hydroxylation sites is 1. The van der Waals surface area contributed by atoms with Crippen LogP contribution in [-0.4, -0.2) is 18.2 Å². The fourth-order valence-electron chi connectivity index (χ4n) is 5.73. The van der Waals surface area contributed by atoms with E-state index in [9.17, 15) is 10.1 Å². The quantitative estimate of drug-likeness (QED) is 0.522. The zero-order valence-electron chi connectivity index (χ0n) is 20.5. The Hall–Kier alpha value is -4.63. The Kier molecular flexibility index (Phi) is 5.61. The van der Waals surface area contributed by atoms with Crippen molar-refractivity contribution in [2.45, 2.75) is 31.6 Å². The maximum absolute atomic E-state index is 14.0. The summed E-state index contributed by atoms with van der Waals surface area (Å²) in [6.45, 7) is 2.50. The number of carbonyl (C=O) groups is 1. The third-order valence-electron chi connectivity index (χ3n) is 7.35. The van der Waals surface area contributed by atoms with E-state index in [1.807, 2.05) is 78.6 Å². The monoisotopic (exact) mass is 486 g/mol. The number of carbonyl (C=O) groups excluding carboxylic acids is 1. The minimum Gasteiger partial charge on any atom is -0.494 e. The minimum absolute atomic E-state index is 0.0359. The van der Waals surface area contributed by atoms with Crippen molar-refractivity contribution in [3.8, 4) is 11.8 Å². The number of rotatable bonds is 4. The molecule has 2 atom stereocenters. The Morgan fingerprint density at radius 3 is 2.46 bits per heavy atom. The summed E-state index contributed by atoms with van der Waals surface area (Å²) in [5.74, 6) is 1.18. The molecule has 0 bridgehead atoms. The van der Waals surface area contributed by atoms with E-state index in [0.29, 0.717) is 42.3 Å². The molecule has 6 heteroatoms. The number of ether oxygens (including phenoxy) is 1. The van der Waals surface area contributed by atoms with Crippen molar-refractivity contribution in [1.82, 2.24) is 0 Å². The van der Waals surface area contributed by atoms with E-state index in [-0.39, 0.29) is 11.7 Å². The van der Waals surface area contributed by atoms with Crippen molar-refractivity contribution in [2.75, 3.05) is 11.5 Å². The number of nitrogens with zero attached hydrogens (tertiary/aromatic N) is 3. The Balaban J connectivity index is 1.58. The Bertz CT molecular complexity index is 1530. The largest absolute Gasteiger partial charge is 0.494 e. The van der Waals surface area contributed by atoms with Crippen LogP contribution in [0.4, 0.5) is 5.69 Å². The molecule has 0 fully saturated rings. The molecule has 3 aromatic carbocycles. The van der Waals surface area contributed by atoms with Crippen LogP contribution >= 0.6 is 0 Å². The smallest absolute Gasteiger partial charge is 0.162 e. The lowest BCUT2D eigenvalue weighted by Crippen LogP contribution is -2.40. The highest BCUT2D eigenvalue weighted by molar-refractivity contribution is 6.08. The number of nitrogens with two attached hydrogens (primary N) is 1. The highest BCUT2D eigenvalue weighted by atomic mass is 16.5. The fourth-order valence-corrected chi connectivity index (χ4v) is 5.73. The first kappa shape index (κ1) is 22.8. The molecule has 2 N–H and O–H groups in total. The minimum atomic E-state index is -0.520. The molecule has 3 aromatic rings. The van der Waals surface area contributed by atoms with Gasteiger partial charge in [0.05, 0.1) is 29.9 Å². The number of allylic oxidation sites excluding steroid dienone is 3. The van der Waals surface area contributed by atoms with E-state index < -0.39 is 5.92 Å². The molecule has 6 rings (SSSR count). The summed E-state index contributed by atoms with van der Waals surface area (Å²) in [7, 11) is 0. The van der Waals surface area contributed by atoms with Crippen molar-refractivity contribution in [3.05, 3.63) is 118 Å². The highest BCUT2D eigenvalue weighted by Crippen LogP contribution is 2.51. The van der Waals surface area contributed by atoms with Gasteiger partial charge in [-0.1, -0.05) is 54.6 Å². The topological polar surface area (TPSA) is 91.7 Å². The van der Waals surface area contributed by atoms with Gasteiger partial charge in [0.25, 0.3) is 0 Å². The van der Waals surface area contributed by atoms with Gasteiger partial charge in [-0.2, -0.15) is 5.26 Å². The van der Waals surface area contributed by atoms with Crippen LogP contribution in [0.25, 0.3) is 0 Å². The number of amidine groups is 1. The second-order valence-electron chi connectivity index (χ2n) is 9.43. The molecular formula is C31H26N4O2. The van der Waals surface area contributed by atoms with Gasteiger partial charge in [-0.3, -0.25) is 9.69 Å². The number of Topliss-reactive ketones (excluding diaryl/α,β-unsaturated/α-hetero) is 1. The van der Waals surface area contributed by atoms with E-state index in [4.69, 9.17) is 15.5 Å². The van der Waals surface area contributed by atoms with Crippen molar-refractivity contribution >= 4 is 17.3 Å². The third kappa shape index (κ3) is 3.71. The SMILES string of the molecule is CCOc1ccc([C@H]2C(C#N)=C3N=C(N)c4ccccc4N3C3=C2C(=O)C[C@@H](c2ccccc2)C3)cc1. The van der Waals surface area contributed by atoms with Crippen LogP contribution in [0.5, 0.6) is 5.75 Å². The van der Waals surface area contributed by atoms with Gasteiger partial charge in [-0.25, -0.2) is 4.99 Å². The molecule has 0 amide bonds. The molecular weight excluding hydrogens is 460 g/mol. The summed E-state index contributed by atoms with van der Waals surface area (Å²) in [6, 6.07) is 28.0. The Morgan fingerprint density at radius 1 is 1.00 bits per heavy atom. The summed E-state index contributed by atoms with van der Waals surface area (Å²) in [6.07, 6.45) is 1.05. The first-order chi connectivity index (χ1) is 18.1. The van der Waals surface area contributed by atoms with E-state index in [1.165, 1.54) is 0 Å². The second-order valence-corrected chi connectivity index (χ2v) is 9.43. The summed E-state index contributed by atoms with van der Waals surface area (Å²) in [5.41, 5.74) is 12.0. The van der Waals surface area contributed by atoms with Gasteiger partial charge in [0.2, 0.25) is 0 Å². The maximum atomic E-state index is 14.0. The predicted octanol–water partition coefficient (Wildman–Crippen LogP) is 5.54. The van der Waals surface area contributed by atoms with Crippen molar-refractivity contribution in [2.24, 2.45) is 10.7 Å². The standard InChI is InChI=1S/C31H26N4O2/c1-2-37-22-14-12-20(13-15-22)28-24(18-32)31-34-30(33)23-10-6-7-11-25(23)35(31)26-16-21(17-27(36)29(26)28)19-8-4-3-5-9-19/h3-15,21,28H,2,16-17H2,1H3,(H2,33,34)/t21-,28-/m0/s1. The molecule has 37 heavy (non-hydrogen) atoms. The summed E-state index contributed by atoms with van der Waals surface area (Å²) >= 11 is 0. The molecule has 6 nitrogen and oxygen atoms in total. The van der Waals surface area contributed by atoms with Crippen molar-refractivity contribution < 1.29 is 9.53 Å². The van der Waals surface area contributed by atoms with Crippen molar-refractivity contribution in [1.29, 1.82) is 5.26 Å². The van der Waals surface area contributed by atoms with E-state index in [0.717, 1.165) is 33.8 Å². The molecule has 3 aliphatic rings. The van der Waals surface area contributed by atoms with Gasteiger partial charge in [-0.15, -0.1) is 0 Å².